The number of halogens is 1. The van der Waals surface area contributed by atoms with Gasteiger partial charge in [-0.15, -0.1) is 0 Å². The van der Waals surface area contributed by atoms with Gasteiger partial charge >= 0.3 is 0 Å². The van der Waals surface area contributed by atoms with E-state index in [0.29, 0.717) is 42.3 Å². The van der Waals surface area contributed by atoms with E-state index in [0.717, 1.165) is 17.1 Å². The molecule has 0 bridgehead atoms. The number of aromatic nitrogens is 2. The highest BCUT2D eigenvalue weighted by Crippen LogP contribution is 2.24. The molecular formula is C23H23ClN4O3. The summed E-state index contributed by atoms with van der Waals surface area (Å²) in [6.45, 7) is 5.71. The fourth-order valence-electron chi connectivity index (χ4n) is 3.98. The molecule has 1 fully saturated rings. The Morgan fingerprint density at radius 1 is 0.903 bits per heavy atom. The Hall–Kier alpha value is -3.32. The standard InChI is InChI=1S/C23H23ClN4O3/c1-15-13-20(16(2)28(15)19-6-4-18(24)5-7-19)23(31)27-11-9-26(10-12-27)22(30)17-3-8-21(29)25-14-17/h3-8,13-14H,9-12H2,1-2H3,(H,25,29). The third-order valence-corrected chi connectivity index (χ3v) is 5.88. The third-order valence-electron chi connectivity index (χ3n) is 5.63. The van der Waals surface area contributed by atoms with Crippen LogP contribution in [0.3, 0.4) is 0 Å². The molecule has 1 aliphatic rings. The number of piperazine rings is 1. The molecule has 1 aromatic carbocycles. The van der Waals surface area contributed by atoms with Gasteiger partial charge in [0.15, 0.2) is 0 Å². The van der Waals surface area contributed by atoms with Crippen molar-refractivity contribution >= 4 is 23.4 Å². The van der Waals surface area contributed by atoms with Crippen LogP contribution in [0.4, 0.5) is 0 Å². The van der Waals surface area contributed by atoms with Crippen molar-refractivity contribution in [1.29, 1.82) is 0 Å². The molecule has 0 radical (unpaired) electrons. The molecule has 0 saturated carbocycles. The zero-order valence-corrected chi connectivity index (χ0v) is 18.1. The van der Waals surface area contributed by atoms with Gasteiger partial charge in [-0.25, -0.2) is 0 Å². The number of H-pyrrole nitrogens is 1. The number of nitrogens with one attached hydrogen (secondary N) is 1. The highest BCUT2D eigenvalue weighted by molar-refractivity contribution is 6.30. The number of benzene rings is 1. The molecule has 0 spiro atoms. The average Bonchev–Trinajstić information content (AvgIpc) is 3.08. The molecule has 3 aromatic rings. The highest BCUT2D eigenvalue weighted by atomic mass is 35.5. The van der Waals surface area contributed by atoms with Crippen molar-refractivity contribution in [2.75, 3.05) is 26.2 Å². The molecule has 1 aliphatic heterocycles. The summed E-state index contributed by atoms with van der Waals surface area (Å²) in [6, 6.07) is 12.3. The van der Waals surface area contributed by atoms with Crippen LogP contribution in [0, 0.1) is 13.8 Å². The molecule has 1 saturated heterocycles. The molecule has 0 aliphatic carbocycles. The van der Waals surface area contributed by atoms with Gasteiger partial charge < -0.3 is 19.4 Å². The maximum atomic E-state index is 13.2. The minimum Gasteiger partial charge on any atom is -0.335 e. The van der Waals surface area contributed by atoms with E-state index in [-0.39, 0.29) is 17.4 Å². The van der Waals surface area contributed by atoms with Crippen LogP contribution in [-0.4, -0.2) is 57.3 Å². The molecule has 1 N–H and O–H groups in total. The van der Waals surface area contributed by atoms with Crippen LogP contribution < -0.4 is 5.56 Å². The topological polar surface area (TPSA) is 78.4 Å². The second kappa shape index (κ2) is 8.43. The summed E-state index contributed by atoms with van der Waals surface area (Å²) in [5.41, 5.74) is 3.64. The number of aryl methyl sites for hydroxylation is 1. The van der Waals surface area contributed by atoms with E-state index in [1.807, 2.05) is 48.7 Å². The molecule has 2 aromatic heterocycles. The van der Waals surface area contributed by atoms with Crippen molar-refractivity contribution in [1.82, 2.24) is 19.4 Å². The second-order valence-electron chi connectivity index (χ2n) is 7.62. The molecular weight excluding hydrogens is 416 g/mol. The van der Waals surface area contributed by atoms with Gasteiger partial charge in [0.05, 0.1) is 11.1 Å². The molecule has 31 heavy (non-hydrogen) atoms. The molecule has 8 heteroatoms. The Kier molecular flexibility index (Phi) is 5.69. The molecule has 0 unspecified atom stereocenters. The summed E-state index contributed by atoms with van der Waals surface area (Å²) >= 11 is 6.00. The molecule has 7 nitrogen and oxygen atoms in total. The monoisotopic (exact) mass is 438 g/mol. The number of hydrogen-bond acceptors (Lipinski definition) is 3. The second-order valence-corrected chi connectivity index (χ2v) is 8.06. The summed E-state index contributed by atoms with van der Waals surface area (Å²) in [7, 11) is 0. The molecule has 4 rings (SSSR count). The minimum atomic E-state index is -0.247. The van der Waals surface area contributed by atoms with Crippen LogP contribution in [0.5, 0.6) is 0 Å². The van der Waals surface area contributed by atoms with E-state index in [1.165, 1.54) is 18.3 Å². The lowest BCUT2D eigenvalue weighted by Gasteiger charge is -2.34. The van der Waals surface area contributed by atoms with Gasteiger partial charge in [0.25, 0.3) is 11.8 Å². The van der Waals surface area contributed by atoms with Gasteiger partial charge in [0.2, 0.25) is 5.56 Å². The van der Waals surface area contributed by atoms with Crippen LogP contribution >= 0.6 is 11.6 Å². The molecule has 0 atom stereocenters. The lowest BCUT2D eigenvalue weighted by molar-refractivity contribution is 0.0535. The Balaban J connectivity index is 1.47. The Morgan fingerprint density at radius 3 is 2.10 bits per heavy atom. The van der Waals surface area contributed by atoms with Gasteiger partial charge in [-0.1, -0.05) is 11.6 Å². The lowest BCUT2D eigenvalue weighted by Crippen LogP contribution is -2.50. The zero-order chi connectivity index (χ0) is 22.1. The molecule has 2 amide bonds. The number of carbonyl (C=O) groups is 2. The fraction of sp³-hybridized carbons (Fsp3) is 0.261. The number of rotatable bonds is 3. The SMILES string of the molecule is Cc1cc(C(=O)N2CCN(C(=O)c3ccc(=O)[nH]c3)CC2)c(C)n1-c1ccc(Cl)cc1. The predicted octanol–water partition coefficient (Wildman–Crippen LogP) is 3.03. The first-order valence-corrected chi connectivity index (χ1v) is 10.4. The van der Waals surface area contributed by atoms with Gasteiger partial charge in [0.1, 0.15) is 0 Å². The van der Waals surface area contributed by atoms with E-state index < -0.39 is 0 Å². The van der Waals surface area contributed by atoms with Gasteiger partial charge in [0, 0.05) is 60.5 Å². The van der Waals surface area contributed by atoms with E-state index in [4.69, 9.17) is 11.6 Å². The smallest absolute Gasteiger partial charge is 0.255 e. The average molecular weight is 439 g/mol. The van der Waals surface area contributed by atoms with E-state index in [1.54, 1.807) is 9.80 Å². The first kappa shape index (κ1) is 20.9. The van der Waals surface area contributed by atoms with E-state index in [2.05, 4.69) is 4.98 Å². The van der Waals surface area contributed by atoms with Crippen LogP contribution in [0.25, 0.3) is 5.69 Å². The van der Waals surface area contributed by atoms with Crippen LogP contribution in [0.2, 0.25) is 5.02 Å². The highest BCUT2D eigenvalue weighted by Gasteiger charge is 2.27. The van der Waals surface area contributed by atoms with Gasteiger partial charge in [-0.3, -0.25) is 14.4 Å². The predicted molar refractivity (Wildman–Crippen MR) is 119 cm³/mol. The summed E-state index contributed by atoms with van der Waals surface area (Å²) in [4.78, 5) is 43.0. The Morgan fingerprint density at radius 2 is 1.52 bits per heavy atom. The third kappa shape index (κ3) is 4.14. The Labute approximate surface area is 184 Å². The maximum Gasteiger partial charge on any atom is 0.255 e. The summed E-state index contributed by atoms with van der Waals surface area (Å²) in [5.74, 6) is -0.186. The van der Waals surface area contributed by atoms with Crippen molar-refractivity contribution in [3.05, 3.63) is 86.6 Å². The van der Waals surface area contributed by atoms with Crippen molar-refractivity contribution in [3.63, 3.8) is 0 Å². The molecule has 160 valence electrons. The fourth-order valence-corrected chi connectivity index (χ4v) is 4.10. The summed E-state index contributed by atoms with van der Waals surface area (Å²) in [5, 5.41) is 0.664. The number of carbonyl (C=O) groups excluding carboxylic acids is 2. The van der Waals surface area contributed by atoms with Gasteiger partial charge in [-0.05, 0) is 50.2 Å². The summed E-state index contributed by atoms with van der Waals surface area (Å²) in [6.07, 6.45) is 1.42. The van der Waals surface area contributed by atoms with Gasteiger partial charge in [-0.2, -0.15) is 0 Å². The number of aromatic amines is 1. The number of pyridine rings is 1. The van der Waals surface area contributed by atoms with Crippen molar-refractivity contribution in [2.45, 2.75) is 13.8 Å². The number of hydrogen-bond donors (Lipinski definition) is 1. The maximum absolute atomic E-state index is 13.2. The number of nitrogens with zero attached hydrogens (tertiary/aromatic N) is 3. The summed E-state index contributed by atoms with van der Waals surface area (Å²) < 4.78 is 2.04. The quantitative estimate of drug-likeness (QED) is 0.682. The van der Waals surface area contributed by atoms with Crippen LogP contribution in [0.1, 0.15) is 32.1 Å². The number of amides is 2. The van der Waals surface area contributed by atoms with Crippen molar-refractivity contribution in [3.8, 4) is 5.69 Å². The first-order valence-electron chi connectivity index (χ1n) is 10.1. The largest absolute Gasteiger partial charge is 0.335 e. The van der Waals surface area contributed by atoms with Crippen molar-refractivity contribution < 1.29 is 9.59 Å². The van der Waals surface area contributed by atoms with Crippen molar-refractivity contribution in [2.24, 2.45) is 0 Å². The van der Waals surface area contributed by atoms with Crippen LogP contribution in [-0.2, 0) is 0 Å². The Bertz CT molecular complexity index is 1170. The zero-order valence-electron chi connectivity index (χ0n) is 17.4. The van der Waals surface area contributed by atoms with E-state index in [9.17, 15) is 14.4 Å². The first-order chi connectivity index (χ1) is 14.8. The van der Waals surface area contributed by atoms with E-state index >= 15 is 0 Å². The lowest BCUT2D eigenvalue weighted by atomic mass is 10.1. The normalized spacial score (nSPS) is 14.0. The van der Waals surface area contributed by atoms with Crippen LogP contribution in [0.15, 0.2) is 53.5 Å². The minimum absolute atomic E-state index is 0.0375. The molecule has 3 heterocycles.